The first-order chi connectivity index (χ1) is 12.3. The highest BCUT2D eigenvalue weighted by Gasteiger charge is 2.12. The largest absolute Gasteiger partial charge is 0.489 e. The maximum Gasteiger partial charge on any atom is 0.191 e. The number of ether oxygens (including phenoxy) is 1. The SMILES string of the molecule is CN=C(NCc1ccccc1OCc1ccccc1)NC1CC=CC1. The summed E-state index contributed by atoms with van der Waals surface area (Å²) < 4.78 is 6.01. The van der Waals surface area contributed by atoms with Gasteiger partial charge in [-0.3, -0.25) is 4.99 Å². The Balaban J connectivity index is 1.56. The Labute approximate surface area is 149 Å². The number of aliphatic imine (C=N–C) groups is 1. The van der Waals surface area contributed by atoms with E-state index in [9.17, 15) is 0 Å². The van der Waals surface area contributed by atoms with Gasteiger partial charge in [0.15, 0.2) is 5.96 Å². The Morgan fingerprint density at radius 3 is 2.52 bits per heavy atom. The molecule has 0 heterocycles. The summed E-state index contributed by atoms with van der Waals surface area (Å²) >= 11 is 0. The molecule has 2 aromatic rings. The molecule has 0 unspecified atom stereocenters. The summed E-state index contributed by atoms with van der Waals surface area (Å²) in [6.07, 6.45) is 6.52. The molecule has 2 N–H and O–H groups in total. The van der Waals surface area contributed by atoms with Crippen molar-refractivity contribution < 1.29 is 4.74 Å². The minimum Gasteiger partial charge on any atom is -0.489 e. The van der Waals surface area contributed by atoms with Crippen molar-refractivity contribution in [1.82, 2.24) is 10.6 Å². The van der Waals surface area contributed by atoms with Crippen LogP contribution in [0.25, 0.3) is 0 Å². The van der Waals surface area contributed by atoms with Crippen LogP contribution in [0, 0.1) is 0 Å². The number of rotatable bonds is 6. The highest BCUT2D eigenvalue weighted by Crippen LogP contribution is 2.19. The number of hydrogen-bond acceptors (Lipinski definition) is 2. The predicted molar refractivity (Wildman–Crippen MR) is 103 cm³/mol. The fraction of sp³-hybridized carbons (Fsp3) is 0.286. The standard InChI is InChI=1S/C21H25N3O/c1-22-21(24-19-12-6-7-13-19)23-15-18-11-5-8-14-20(18)25-16-17-9-3-2-4-10-17/h2-11,14,19H,12-13,15-16H2,1H3,(H2,22,23,24). The molecule has 1 aliphatic rings. The van der Waals surface area contributed by atoms with Crippen LogP contribution in [0.3, 0.4) is 0 Å². The van der Waals surface area contributed by atoms with Crippen LogP contribution >= 0.6 is 0 Å². The molecule has 0 saturated heterocycles. The molecule has 0 atom stereocenters. The lowest BCUT2D eigenvalue weighted by Crippen LogP contribution is -2.42. The van der Waals surface area contributed by atoms with E-state index in [-0.39, 0.29) is 0 Å². The summed E-state index contributed by atoms with van der Waals surface area (Å²) in [7, 11) is 1.80. The molecule has 1 aliphatic carbocycles. The van der Waals surface area contributed by atoms with Crippen molar-refractivity contribution in [3.05, 3.63) is 77.9 Å². The summed E-state index contributed by atoms with van der Waals surface area (Å²) in [4.78, 5) is 4.32. The van der Waals surface area contributed by atoms with Crippen LogP contribution in [0.15, 0.2) is 71.7 Å². The molecule has 0 aromatic heterocycles. The molecule has 0 aliphatic heterocycles. The monoisotopic (exact) mass is 335 g/mol. The lowest BCUT2D eigenvalue weighted by Gasteiger charge is -2.18. The van der Waals surface area contributed by atoms with Crippen molar-refractivity contribution in [1.29, 1.82) is 0 Å². The van der Waals surface area contributed by atoms with Gasteiger partial charge >= 0.3 is 0 Å². The smallest absolute Gasteiger partial charge is 0.191 e. The first-order valence-corrected chi connectivity index (χ1v) is 8.72. The van der Waals surface area contributed by atoms with E-state index in [1.165, 1.54) is 0 Å². The van der Waals surface area contributed by atoms with Gasteiger partial charge in [-0.25, -0.2) is 0 Å². The number of hydrogen-bond donors (Lipinski definition) is 2. The number of guanidine groups is 1. The van der Waals surface area contributed by atoms with Gasteiger partial charge in [0.05, 0.1) is 0 Å². The van der Waals surface area contributed by atoms with Gasteiger partial charge in [-0.15, -0.1) is 0 Å². The fourth-order valence-corrected chi connectivity index (χ4v) is 2.83. The van der Waals surface area contributed by atoms with Crippen molar-refractivity contribution in [3.63, 3.8) is 0 Å². The predicted octanol–water partition coefficient (Wildman–Crippen LogP) is 3.65. The van der Waals surface area contributed by atoms with Crippen molar-refractivity contribution in [2.24, 2.45) is 4.99 Å². The Bertz CT molecular complexity index is 717. The van der Waals surface area contributed by atoms with Gasteiger partial charge in [0.25, 0.3) is 0 Å². The zero-order valence-electron chi connectivity index (χ0n) is 14.6. The molecule has 130 valence electrons. The van der Waals surface area contributed by atoms with E-state index in [0.29, 0.717) is 19.2 Å². The van der Waals surface area contributed by atoms with Gasteiger partial charge in [0.1, 0.15) is 12.4 Å². The summed E-state index contributed by atoms with van der Waals surface area (Å²) in [6.45, 7) is 1.24. The maximum absolute atomic E-state index is 6.01. The lowest BCUT2D eigenvalue weighted by molar-refractivity contribution is 0.302. The van der Waals surface area contributed by atoms with Gasteiger partial charge < -0.3 is 15.4 Å². The average molecular weight is 335 g/mol. The first-order valence-electron chi connectivity index (χ1n) is 8.72. The van der Waals surface area contributed by atoms with Crippen LogP contribution in [-0.4, -0.2) is 19.0 Å². The van der Waals surface area contributed by atoms with E-state index in [2.05, 4.69) is 46.0 Å². The van der Waals surface area contributed by atoms with E-state index in [1.807, 2.05) is 36.4 Å². The van der Waals surface area contributed by atoms with E-state index >= 15 is 0 Å². The molecule has 0 spiro atoms. The minimum atomic E-state index is 0.441. The third-order valence-corrected chi connectivity index (χ3v) is 4.23. The van der Waals surface area contributed by atoms with Gasteiger partial charge in [0.2, 0.25) is 0 Å². The van der Waals surface area contributed by atoms with E-state index in [4.69, 9.17) is 4.74 Å². The van der Waals surface area contributed by atoms with Gasteiger partial charge in [-0.1, -0.05) is 60.7 Å². The van der Waals surface area contributed by atoms with Crippen molar-refractivity contribution in [2.45, 2.75) is 32.0 Å². The Kier molecular flexibility index (Phi) is 6.10. The van der Waals surface area contributed by atoms with Crippen molar-refractivity contribution >= 4 is 5.96 Å². The maximum atomic E-state index is 6.01. The summed E-state index contributed by atoms with van der Waals surface area (Å²) in [5.74, 6) is 1.73. The molecule has 0 amide bonds. The van der Waals surface area contributed by atoms with Crippen molar-refractivity contribution in [3.8, 4) is 5.75 Å². The molecular weight excluding hydrogens is 310 g/mol. The molecule has 0 saturated carbocycles. The van der Waals surface area contributed by atoms with E-state index < -0.39 is 0 Å². The Hall–Kier alpha value is -2.75. The number of para-hydroxylation sites is 1. The second-order valence-electron chi connectivity index (χ2n) is 6.09. The number of nitrogens with zero attached hydrogens (tertiary/aromatic N) is 1. The Morgan fingerprint density at radius 2 is 1.76 bits per heavy atom. The third kappa shape index (κ3) is 5.11. The minimum absolute atomic E-state index is 0.441. The molecule has 4 heteroatoms. The van der Waals surface area contributed by atoms with Crippen LogP contribution in [0.1, 0.15) is 24.0 Å². The van der Waals surface area contributed by atoms with Crippen molar-refractivity contribution in [2.75, 3.05) is 7.05 Å². The van der Waals surface area contributed by atoms with Crippen LogP contribution < -0.4 is 15.4 Å². The normalized spacial score (nSPS) is 14.5. The third-order valence-electron chi connectivity index (χ3n) is 4.23. The molecular formula is C21H25N3O. The zero-order valence-corrected chi connectivity index (χ0v) is 14.6. The van der Waals surface area contributed by atoms with Crippen LogP contribution in [-0.2, 0) is 13.2 Å². The lowest BCUT2D eigenvalue weighted by atomic mass is 10.2. The highest BCUT2D eigenvalue weighted by molar-refractivity contribution is 5.80. The highest BCUT2D eigenvalue weighted by atomic mass is 16.5. The average Bonchev–Trinajstić information content (AvgIpc) is 3.18. The summed E-state index contributed by atoms with van der Waals surface area (Å²) in [6, 6.07) is 18.8. The first kappa shape index (κ1) is 17.1. The second-order valence-corrected chi connectivity index (χ2v) is 6.09. The van der Waals surface area contributed by atoms with Gasteiger partial charge in [-0.05, 0) is 24.5 Å². The van der Waals surface area contributed by atoms with Crippen LogP contribution in [0.5, 0.6) is 5.75 Å². The molecule has 0 bridgehead atoms. The van der Waals surface area contributed by atoms with E-state index in [1.54, 1.807) is 7.05 Å². The topological polar surface area (TPSA) is 45.7 Å². The van der Waals surface area contributed by atoms with E-state index in [0.717, 1.165) is 35.7 Å². The van der Waals surface area contributed by atoms with Gasteiger partial charge in [0, 0.05) is 25.2 Å². The zero-order chi connectivity index (χ0) is 17.3. The molecule has 0 radical (unpaired) electrons. The molecule has 0 fully saturated rings. The summed E-state index contributed by atoms with van der Waals surface area (Å²) in [5.41, 5.74) is 2.28. The van der Waals surface area contributed by atoms with Gasteiger partial charge in [-0.2, -0.15) is 0 Å². The second kappa shape index (κ2) is 8.92. The number of benzene rings is 2. The molecule has 25 heavy (non-hydrogen) atoms. The quantitative estimate of drug-likeness (QED) is 0.481. The fourth-order valence-electron chi connectivity index (χ4n) is 2.83. The molecule has 3 rings (SSSR count). The summed E-state index contributed by atoms with van der Waals surface area (Å²) in [5, 5.41) is 6.83. The molecule has 2 aromatic carbocycles. The van der Waals surface area contributed by atoms with Crippen LogP contribution in [0.2, 0.25) is 0 Å². The molecule has 4 nitrogen and oxygen atoms in total. The van der Waals surface area contributed by atoms with Crippen LogP contribution in [0.4, 0.5) is 0 Å². The Morgan fingerprint density at radius 1 is 1.04 bits per heavy atom. The number of nitrogens with one attached hydrogen (secondary N) is 2.